The summed E-state index contributed by atoms with van der Waals surface area (Å²) in [6.45, 7) is 11.5. The molecule has 1 aromatic carbocycles. The molecule has 0 bridgehead atoms. The minimum absolute atomic E-state index is 0.0178. The van der Waals surface area contributed by atoms with E-state index >= 15 is 0 Å². The predicted molar refractivity (Wildman–Crippen MR) is 127 cm³/mol. The van der Waals surface area contributed by atoms with Crippen LogP contribution in [0.15, 0.2) is 30.3 Å². The van der Waals surface area contributed by atoms with Gasteiger partial charge in [0.05, 0.1) is 18.9 Å². The van der Waals surface area contributed by atoms with Crippen LogP contribution in [-0.4, -0.2) is 64.9 Å². The molecule has 0 unspecified atom stereocenters. The van der Waals surface area contributed by atoms with Gasteiger partial charge in [0.2, 0.25) is 5.91 Å². The Labute approximate surface area is 194 Å². The molecule has 1 aliphatic rings. The smallest absolute Gasteiger partial charge is 0.220 e. The van der Waals surface area contributed by atoms with E-state index in [0.717, 1.165) is 72.5 Å². The molecule has 33 heavy (non-hydrogen) atoms. The first-order valence-corrected chi connectivity index (χ1v) is 11.6. The number of amides is 1. The van der Waals surface area contributed by atoms with Crippen molar-refractivity contribution >= 4 is 11.6 Å². The number of carbonyl (C=O) groups excluding carboxylic acids is 1. The summed E-state index contributed by atoms with van der Waals surface area (Å²) in [6, 6.07) is 9.88. The second-order valence-electron chi connectivity index (χ2n) is 8.54. The highest BCUT2D eigenvalue weighted by Crippen LogP contribution is 2.17. The van der Waals surface area contributed by atoms with Gasteiger partial charge in [-0.1, -0.05) is 12.1 Å². The summed E-state index contributed by atoms with van der Waals surface area (Å²) >= 11 is 0. The molecule has 0 spiro atoms. The Kier molecular flexibility index (Phi) is 7.57. The number of ether oxygens (including phenoxy) is 2. The van der Waals surface area contributed by atoms with Crippen LogP contribution in [0.25, 0.3) is 5.65 Å². The van der Waals surface area contributed by atoms with E-state index < -0.39 is 0 Å². The number of nitrogens with one attached hydrogen (secondary N) is 1. The number of benzene rings is 1. The second-order valence-corrected chi connectivity index (χ2v) is 8.54. The quantitative estimate of drug-likeness (QED) is 0.539. The minimum atomic E-state index is 0.0178. The highest BCUT2D eigenvalue weighted by Gasteiger charge is 2.13. The van der Waals surface area contributed by atoms with Crippen molar-refractivity contribution in [2.45, 2.75) is 40.2 Å². The van der Waals surface area contributed by atoms with Gasteiger partial charge in [0, 0.05) is 50.1 Å². The van der Waals surface area contributed by atoms with Gasteiger partial charge in [0.1, 0.15) is 12.4 Å². The molecule has 8 nitrogen and oxygen atoms in total. The van der Waals surface area contributed by atoms with Crippen LogP contribution in [-0.2, 0) is 22.5 Å². The average molecular weight is 452 g/mol. The van der Waals surface area contributed by atoms with Crippen molar-refractivity contribution in [1.82, 2.24) is 24.8 Å². The van der Waals surface area contributed by atoms with Crippen molar-refractivity contribution in [3.8, 4) is 5.75 Å². The van der Waals surface area contributed by atoms with Gasteiger partial charge >= 0.3 is 0 Å². The minimum Gasteiger partial charge on any atom is -0.492 e. The lowest BCUT2D eigenvalue weighted by Gasteiger charge is -2.26. The third-order valence-electron chi connectivity index (χ3n) is 6.06. The van der Waals surface area contributed by atoms with Gasteiger partial charge in [-0.25, -0.2) is 9.50 Å². The largest absolute Gasteiger partial charge is 0.492 e. The highest BCUT2D eigenvalue weighted by molar-refractivity contribution is 5.76. The number of nitrogens with zero attached hydrogens (tertiary/aromatic N) is 4. The van der Waals surface area contributed by atoms with Crippen LogP contribution in [0, 0.1) is 20.8 Å². The lowest BCUT2D eigenvalue weighted by atomic mass is 10.1. The monoisotopic (exact) mass is 451 g/mol. The van der Waals surface area contributed by atoms with E-state index in [0.29, 0.717) is 26.0 Å². The number of rotatable bonds is 9. The van der Waals surface area contributed by atoms with Crippen molar-refractivity contribution in [1.29, 1.82) is 0 Å². The number of hydrogen-bond acceptors (Lipinski definition) is 6. The van der Waals surface area contributed by atoms with Crippen molar-refractivity contribution in [3.05, 3.63) is 58.5 Å². The fourth-order valence-corrected chi connectivity index (χ4v) is 4.19. The van der Waals surface area contributed by atoms with Gasteiger partial charge in [-0.2, -0.15) is 5.10 Å². The summed E-state index contributed by atoms with van der Waals surface area (Å²) in [5, 5.41) is 7.53. The van der Waals surface area contributed by atoms with Gasteiger partial charge in [-0.15, -0.1) is 0 Å². The zero-order valence-corrected chi connectivity index (χ0v) is 19.8. The van der Waals surface area contributed by atoms with Crippen molar-refractivity contribution in [2.24, 2.45) is 0 Å². The van der Waals surface area contributed by atoms with Gasteiger partial charge in [-0.05, 0) is 50.5 Å². The maximum absolute atomic E-state index is 12.5. The molecule has 0 radical (unpaired) electrons. The van der Waals surface area contributed by atoms with E-state index in [1.807, 2.05) is 55.6 Å². The number of morpholine rings is 1. The third kappa shape index (κ3) is 6.09. The molecule has 8 heteroatoms. The first-order valence-electron chi connectivity index (χ1n) is 11.6. The molecule has 2 aromatic heterocycles. The zero-order chi connectivity index (χ0) is 23.2. The Hall–Kier alpha value is -2.97. The number of fused-ring (bicyclic) bond motifs is 1. The summed E-state index contributed by atoms with van der Waals surface area (Å²) in [6.07, 6.45) is 1.04. The summed E-state index contributed by atoms with van der Waals surface area (Å²) in [5.41, 5.74) is 5.89. The Balaban J connectivity index is 1.25. The van der Waals surface area contributed by atoms with Crippen molar-refractivity contribution < 1.29 is 14.3 Å². The number of aromatic nitrogens is 3. The van der Waals surface area contributed by atoms with Crippen LogP contribution in [0.3, 0.4) is 0 Å². The van der Waals surface area contributed by atoms with Crippen LogP contribution in [0.4, 0.5) is 0 Å². The fraction of sp³-hybridized carbons (Fsp3) is 0.480. The van der Waals surface area contributed by atoms with Gasteiger partial charge in [-0.3, -0.25) is 9.69 Å². The molecule has 3 aromatic rings. The van der Waals surface area contributed by atoms with Gasteiger partial charge < -0.3 is 14.8 Å². The Morgan fingerprint density at radius 2 is 2.00 bits per heavy atom. The number of hydrogen-bond donors (Lipinski definition) is 1. The molecule has 0 atom stereocenters. The van der Waals surface area contributed by atoms with Crippen molar-refractivity contribution in [3.63, 3.8) is 0 Å². The summed E-state index contributed by atoms with van der Waals surface area (Å²) in [7, 11) is 0. The average Bonchev–Trinajstić information content (AvgIpc) is 3.19. The summed E-state index contributed by atoms with van der Waals surface area (Å²) in [5.74, 6) is 0.847. The van der Waals surface area contributed by atoms with E-state index in [4.69, 9.17) is 9.47 Å². The molecule has 1 N–H and O–H groups in total. The lowest BCUT2D eigenvalue weighted by molar-refractivity contribution is -0.121. The topological polar surface area (TPSA) is 81.0 Å². The van der Waals surface area contributed by atoms with E-state index in [9.17, 15) is 4.79 Å². The Morgan fingerprint density at radius 1 is 1.18 bits per heavy atom. The van der Waals surface area contributed by atoms with Crippen molar-refractivity contribution in [2.75, 3.05) is 39.5 Å². The zero-order valence-electron chi connectivity index (χ0n) is 19.8. The second kappa shape index (κ2) is 10.8. The van der Waals surface area contributed by atoms with Crippen LogP contribution in [0.1, 0.15) is 34.6 Å². The lowest BCUT2D eigenvalue weighted by Crippen LogP contribution is -2.38. The van der Waals surface area contributed by atoms with E-state index in [1.165, 1.54) is 0 Å². The first kappa shape index (κ1) is 23.2. The maximum Gasteiger partial charge on any atom is 0.220 e. The Morgan fingerprint density at radius 3 is 2.82 bits per heavy atom. The normalized spacial score (nSPS) is 14.5. The van der Waals surface area contributed by atoms with Gasteiger partial charge in [0.25, 0.3) is 0 Å². The molecule has 176 valence electrons. The van der Waals surface area contributed by atoms with E-state index in [2.05, 4.69) is 20.3 Å². The summed E-state index contributed by atoms with van der Waals surface area (Å²) < 4.78 is 13.1. The Bertz CT molecular complexity index is 1100. The van der Waals surface area contributed by atoms with E-state index in [-0.39, 0.29) is 5.91 Å². The first-order chi connectivity index (χ1) is 16.0. The molecule has 1 fully saturated rings. The molecule has 0 saturated carbocycles. The maximum atomic E-state index is 12.5. The summed E-state index contributed by atoms with van der Waals surface area (Å²) in [4.78, 5) is 19.5. The number of aryl methyl sites for hydroxylation is 3. The molecular weight excluding hydrogens is 418 g/mol. The van der Waals surface area contributed by atoms with Crippen LogP contribution >= 0.6 is 0 Å². The van der Waals surface area contributed by atoms with E-state index in [1.54, 1.807) is 0 Å². The van der Waals surface area contributed by atoms with Gasteiger partial charge in [0.15, 0.2) is 5.65 Å². The third-order valence-corrected chi connectivity index (χ3v) is 6.06. The van der Waals surface area contributed by atoms with Crippen LogP contribution in [0.5, 0.6) is 5.75 Å². The molecule has 1 saturated heterocycles. The van der Waals surface area contributed by atoms with Crippen LogP contribution < -0.4 is 10.1 Å². The van der Waals surface area contributed by atoms with Crippen LogP contribution in [0.2, 0.25) is 0 Å². The molecule has 1 amide bonds. The number of carbonyl (C=O) groups is 1. The SMILES string of the molecule is Cc1cc2nc(C)c(CCC(=O)NCc3cccc(OCCN4CCOCC4)c3)c(C)n2n1. The molecular formula is C25H33N5O3. The standard InChI is InChI=1S/C25H33N5O3/c1-18-15-24-27-19(2)23(20(3)30(24)28-18)7-8-25(31)26-17-21-5-4-6-22(16-21)33-14-11-29-9-12-32-13-10-29/h4-6,15-16H,7-14,17H2,1-3H3,(H,26,31). The fourth-order valence-electron chi connectivity index (χ4n) is 4.19. The molecule has 3 heterocycles. The predicted octanol–water partition coefficient (Wildman–Crippen LogP) is 2.61. The highest BCUT2D eigenvalue weighted by atomic mass is 16.5. The molecule has 4 rings (SSSR count). The molecule has 0 aliphatic carbocycles. The molecule has 1 aliphatic heterocycles.